The molecule has 0 saturated heterocycles. The number of benzene rings is 1. The van der Waals surface area contributed by atoms with Crippen LogP contribution in [0, 0.1) is 11.3 Å². The number of rotatable bonds is 4. The molecule has 0 fully saturated rings. The smallest absolute Gasteiger partial charge is 0.309 e. The number of ether oxygens (including phenoxy) is 1. The van der Waals surface area contributed by atoms with E-state index in [9.17, 15) is 4.79 Å². The van der Waals surface area contributed by atoms with E-state index in [4.69, 9.17) is 11.0 Å². The van der Waals surface area contributed by atoms with Crippen molar-refractivity contribution in [2.45, 2.75) is 19.4 Å². The van der Waals surface area contributed by atoms with E-state index in [0.29, 0.717) is 6.54 Å². The molecule has 0 unspecified atom stereocenters. The van der Waals surface area contributed by atoms with Gasteiger partial charge in [0.05, 0.1) is 26.0 Å². The van der Waals surface area contributed by atoms with Crippen LogP contribution in [-0.4, -0.2) is 13.1 Å². The average Bonchev–Trinajstić information content (AvgIpc) is 2.31. The van der Waals surface area contributed by atoms with Gasteiger partial charge >= 0.3 is 5.97 Å². The van der Waals surface area contributed by atoms with Gasteiger partial charge in [0.25, 0.3) is 0 Å². The molecule has 84 valence electrons. The van der Waals surface area contributed by atoms with E-state index in [2.05, 4.69) is 10.8 Å². The highest BCUT2D eigenvalue weighted by atomic mass is 16.5. The third-order valence-electron chi connectivity index (χ3n) is 2.34. The minimum absolute atomic E-state index is 0.193. The second-order valence-electron chi connectivity index (χ2n) is 3.39. The first-order valence-electron chi connectivity index (χ1n) is 4.95. The normalized spacial score (nSPS) is 9.56. The Morgan fingerprint density at radius 3 is 2.81 bits per heavy atom. The monoisotopic (exact) mass is 218 g/mol. The van der Waals surface area contributed by atoms with Crippen LogP contribution in [0.4, 0.5) is 0 Å². The van der Waals surface area contributed by atoms with E-state index in [0.717, 1.165) is 16.7 Å². The summed E-state index contributed by atoms with van der Waals surface area (Å²) < 4.78 is 4.60. The van der Waals surface area contributed by atoms with Crippen LogP contribution in [0.2, 0.25) is 0 Å². The third-order valence-corrected chi connectivity index (χ3v) is 2.34. The molecule has 0 aliphatic heterocycles. The number of nitrogens with zero attached hydrogens (tertiary/aromatic N) is 1. The molecular weight excluding hydrogens is 204 g/mol. The number of carbonyl (C=O) groups is 1. The Balaban J connectivity index is 2.98. The summed E-state index contributed by atoms with van der Waals surface area (Å²) in [5.74, 6) is -0.306. The second kappa shape index (κ2) is 5.89. The largest absolute Gasteiger partial charge is 0.469 e. The molecule has 0 aromatic heterocycles. The minimum Gasteiger partial charge on any atom is -0.469 e. The lowest BCUT2D eigenvalue weighted by Crippen LogP contribution is -2.08. The lowest BCUT2D eigenvalue weighted by Gasteiger charge is -2.07. The molecule has 1 aromatic carbocycles. The summed E-state index contributed by atoms with van der Waals surface area (Å²) in [4.78, 5) is 11.2. The van der Waals surface area contributed by atoms with E-state index < -0.39 is 0 Å². The maximum Gasteiger partial charge on any atom is 0.309 e. The third kappa shape index (κ3) is 3.07. The molecule has 0 aliphatic carbocycles. The van der Waals surface area contributed by atoms with Gasteiger partial charge in [-0.05, 0) is 16.7 Å². The van der Waals surface area contributed by atoms with E-state index in [-0.39, 0.29) is 18.8 Å². The van der Waals surface area contributed by atoms with Crippen LogP contribution in [-0.2, 0) is 28.9 Å². The van der Waals surface area contributed by atoms with Gasteiger partial charge in [-0.3, -0.25) is 4.79 Å². The second-order valence-corrected chi connectivity index (χ2v) is 3.39. The molecule has 1 rings (SSSR count). The highest BCUT2D eigenvalue weighted by Gasteiger charge is 2.08. The molecule has 0 amide bonds. The number of hydrogen-bond donors (Lipinski definition) is 1. The predicted octanol–water partition coefficient (Wildman–Crippen LogP) is 0.927. The summed E-state index contributed by atoms with van der Waals surface area (Å²) in [7, 11) is 1.35. The van der Waals surface area contributed by atoms with Crippen molar-refractivity contribution in [3.63, 3.8) is 0 Å². The summed E-state index contributed by atoms with van der Waals surface area (Å²) in [6.45, 7) is 0.428. The molecule has 0 heterocycles. The minimum atomic E-state index is -0.306. The first-order valence-corrected chi connectivity index (χ1v) is 4.95. The van der Waals surface area contributed by atoms with Crippen molar-refractivity contribution < 1.29 is 9.53 Å². The Bertz CT molecular complexity index is 422. The van der Waals surface area contributed by atoms with Crippen LogP contribution in [0.1, 0.15) is 16.7 Å². The van der Waals surface area contributed by atoms with Crippen LogP contribution >= 0.6 is 0 Å². The van der Waals surface area contributed by atoms with E-state index in [1.165, 1.54) is 7.11 Å². The van der Waals surface area contributed by atoms with E-state index in [1.807, 2.05) is 18.2 Å². The number of carbonyl (C=O) groups excluding carboxylic acids is 1. The molecule has 0 radical (unpaired) electrons. The fourth-order valence-electron chi connectivity index (χ4n) is 1.46. The first kappa shape index (κ1) is 12.2. The molecule has 0 atom stereocenters. The zero-order valence-corrected chi connectivity index (χ0v) is 9.19. The van der Waals surface area contributed by atoms with E-state index in [1.54, 1.807) is 0 Å². The highest BCUT2D eigenvalue weighted by Crippen LogP contribution is 2.14. The van der Waals surface area contributed by atoms with Gasteiger partial charge in [-0.25, -0.2) is 0 Å². The summed E-state index contributed by atoms with van der Waals surface area (Å²) in [6.07, 6.45) is 0.471. The molecule has 4 nitrogen and oxygen atoms in total. The van der Waals surface area contributed by atoms with Crippen molar-refractivity contribution in [3.8, 4) is 6.07 Å². The van der Waals surface area contributed by atoms with Crippen molar-refractivity contribution in [2.24, 2.45) is 5.73 Å². The number of esters is 1. The molecule has 0 aliphatic rings. The van der Waals surface area contributed by atoms with Crippen molar-refractivity contribution >= 4 is 5.97 Å². The number of nitrogens with two attached hydrogens (primary N) is 1. The van der Waals surface area contributed by atoms with Gasteiger partial charge in [0.15, 0.2) is 0 Å². The van der Waals surface area contributed by atoms with Crippen molar-refractivity contribution in [1.82, 2.24) is 0 Å². The lowest BCUT2D eigenvalue weighted by atomic mass is 9.99. The molecule has 0 bridgehead atoms. The van der Waals surface area contributed by atoms with E-state index >= 15 is 0 Å². The summed E-state index contributed by atoms with van der Waals surface area (Å²) in [6, 6.07) is 7.62. The van der Waals surface area contributed by atoms with Gasteiger partial charge in [0.1, 0.15) is 0 Å². The summed E-state index contributed by atoms with van der Waals surface area (Å²) in [5, 5.41) is 8.70. The number of nitriles is 1. The topological polar surface area (TPSA) is 76.1 Å². The standard InChI is InChI=1S/C12H14N2O2/c1-16-12(15)7-10-3-2-9(8-14)6-11(10)4-5-13/h2-3,6H,4,7-8,14H2,1H3. The van der Waals surface area contributed by atoms with Crippen LogP contribution in [0.15, 0.2) is 18.2 Å². The van der Waals surface area contributed by atoms with Crippen LogP contribution in [0.3, 0.4) is 0 Å². The number of hydrogen-bond acceptors (Lipinski definition) is 4. The van der Waals surface area contributed by atoms with Crippen LogP contribution < -0.4 is 5.73 Å². The fourth-order valence-corrected chi connectivity index (χ4v) is 1.46. The number of methoxy groups -OCH3 is 1. The Morgan fingerprint density at radius 2 is 2.25 bits per heavy atom. The van der Waals surface area contributed by atoms with Gasteiger partial charge in [0, 0.05) is 6.54 Å². The first-order chi connectivity index (χ1) is 7.71. The summed E-state index contributed by atoms with van der Waals surface area (Å²) >= 11 is 0. The van der Waals surface area contributed by atoms with Gasteiger partial charge < -0.3 is 10.5 Å². The van der Waals surface area contributed by atoms with Crippen molar-refractivity contribution in [1.29, 1.82) is 5.26 Å². The molecule has 16 heavy (non-hydrogen) atoms. The molecule has 1 aromatic rings. The van der Waals surface area contributed by atoms with Gasteiger partial charge in [-0.2, -0.15) is 5.26 Å². The molecular formula is C12H14N2O2. The molecule has 0 saturated carbocycles. The van der Waals surface area contributed by atoms with Crippen molar-refractivity contribution in [3.05, 3.63) is 34.9 Å². The fraction of sp³-hybridized carbons (Fsp3) is 0.333. The SMILES string of the molecule is COC(=O)Cc1ccc(CN)cc1CC#N. The average molecular weight is 218 g/mol. The molecule has 4 heteroatoms. The maximum atomic E-state index is 11.2. The van der Waals surface area contributed by atoms with Gasteiger partial charge in [-0.1, -0.05) is 18.2 Å². The molecule has 2 N–H and O–H groups in total. The molecule has 0 spiro atoms. The van der Waals surface area contributed by atoms with Gasteiger partial charge in [0.2, 0.25) is 0 Å². The Hall–Kier alpha value is -1.86. The quantitative estimate of drug-likeness (QED) is 0.762. The summed E-state index contributed by atoms with van der Waals surface area (Å²) in [5.41, 5.74) is 8.14. The Labute approximate surface area is 94.6 Å². The Morgan fingerprint density at radius 1 is 1.50 bits per heavy atom. The van der Waals surface area contributed by atoms with Gasteiger partial charge in [-0.15, -0.1) is 0 Å². The Kier molecular flexibility index (Phi) is 4.49. The zero-order chi connectivity index (χ0) is 12.0. The highest BCUT2D eigenvalue weighted by molar-refractivity contribution is 5.73. The lowest BCUT2D eigenvalue weighted by molar-refractivity contribution is -0.139. The van der Waals surface area contributed by atoms with Crippen molar-refractivity contribution in [2.75, 3.05) is 7.11 Å². The van der Waals surface area contributed by atoms with Crippen LogP contribution in [0.5, 0.6) is 0 Å². The predicted molar refractivity (Wildman–Crippen MR) is 59.4 cm³/mol. The van der Waals surface area contributed by atoms with Crippen LogP contribution in [0.25, 0.3) is 0 Å². The zero-order valence-electron chi connectivity index (χ0n) is 9.19. The maximum absolute atomic E-state index is 11.2.